The first-order chi connectivity index (χ1) is 11.0. The van der Waals surface area contributed by atoms with Crippen molar-refractivity contribution in [1.29, 1.82) is 0 Å². The van der Waals surface area contributed by atoms with E-state index in [1.807, 2.05) is 0 Å². The van der Waals surface area contributed by atoms with Crippen molar-refractivity contribution in [3.8, 4) is 5.75 Å². The Morgan fingerprint density at radius 2 is 1.91 bits per heavy atom. The van der Waals surface area contributed by atoms with Gasteiger partial charge in [-0.05, 0) is 56.3 Å². The summed E-state index contributed by atoms with van der Waals surface area (Å²) in [7, 11) is 1.77. The Balaban J connectivity index is 2.35. The highest BCUT2D eigenvalue weighted by atomic mass is 16.5. The molecular weight excluding hydrogens is 284 g/mol. The van der Waals surface area contributed by atoms with E-state index in [9.17, 15) is 0 Å². The van der Waals surface area contributed by atoms with Gasteiger partial charge in [-0.25, -0.2) is 0 Å². The van der Waals surface area contributed by atoms with Crippen molar-refractivity contribution in [3.63, 3.8) is 0 Å². The fourth-order valence-electron chi connectivity index (χ4n) is 3.94. The molecule has 23 heavy (non-hydrogen) atoms. The largest absolute Gasteiger partial charge is 0.496 e. The van der Waals surface area contributed by atoms with Gasteiger partial charge in [-0.15, -0.1) is 0 Å². The van der Waals surface area contributed by atoms with Crippen molar-refractivity contribution < 1.29 is 4.74 Å². The lowest BCUT2D eigenvalue weighted by molar-refractivity contribution is 0.112. The van der Waals surface area contributed by atoms with Crippen molar-refractivity contribution in [1.82, 2.24) is 4.90 Å². The van der Waals surface area contributed by atoms with Crippen LogP contribution in [-0.2, 0) is 0 Å². The van der Waals surface area contributed by atoms with E-state index in [0.29, 0.717) is 24.4 Å². The van der Waals surface area contributed by atoms with Crippen LogP contribution in [0.15, 0.2) is 12.1 Å². The first-order valence-corrected chi connectivity index (χ1v) is 9.07. The fourth-order valence-corrected chi connectivity index (χ4v) is 3.94. The number of methoxy groups -OCH3 is 1. The van der Waals surface area contributed by atoms with Crippen LogP contribution in [0.3, 0.4) is 0 Å². The minimum Gasteiger partial charge on any atom is -0.496 e. The molecule has 2 N–H and O–H groups in total. The molecule has 1 heterocycles. The minimum atomic E-state index is 0.350. The van der Waals surface area contributed by atoms with Gasteiger partial charge in [0.1, 0.15) is 5.75 Å². The predicted octanol–water partition coefficient (Wildman–Crippen LogP) is 3.86. The summed E-state index contributed by atoms with van der Waals surface area (Å²) in [6.45, 7) is 12.0. The van der Waals surface area contributed by atoms with Crippen molar-refractivity contribution in [3.05, 3.63) is 28.8 Å². The number of rotatable bonds is 6. The van der Waals surface area contributed by atoms with Gasteiger partial charge < -0.3 is 10.5 Å². The van der Waals surface area contributed by atoms with Crippen molar-refractivity contribution in [2.45, 2.75) is 58.9 Å². The summed E-state index contributed by atoms with van der Waals surface area (Å²) in [5.74, 6) is 2.04. The van der Waals surface area contributed by atoms with Crippen LogP contribution in [0.1, 0.15) is 55.7 Å². The second kappa shape index (κ2) is 8.16. The normalized spacial score (nSPS) is 20.7. The molecule has 1 fully saturated rings. The van der Waals surface area contributed by atoms with Gasteiger partial charge in [-0.2, -0.15) is 0 Å². The SMILES string of the molecule is COc1cc(C)c(C)cc1C(CN)C1CCCCN1CC(C)C. The molecule has 1 aromatic carbocycles. The molecule has 0 saturated carbocycles. The Morgan fingerprint density at radius 1 is 1.22 bits per heavy atom. The topological polar surface area (TPSA) is 38.5 Å². The third-order valence-corrected chi connectivity index (χ3v) is 5.23. The van der Waals surface area contributed by atoms with Crippen LogP contribution in [0.5, 0.6) is 5.75 Å². The van der Waals surface area contributed by atoms with Gasteiger partial charge in [-0.1, -0.05) is 26.3 Å². The van der Waals surface area contributed by atoms with Crippen LogP contribution >= 0.6 is 0 Å². The van der Waals surface area contributed by atoms with E-state index in [1.54, 1.807) is 7.11 Å². The van der Waals surface area contributed by atoms with Gasteiger partial charge in [0.25, 0.3) is 0 Å². The van der Waals surface area contributed by atoms with Gasteiger partial charge in [0, 0.05) is 30.6 Å². The molecule has 2 unspecified atom stereocenters. The molecule has 0 radical (unpaired) electrons. The van der Waals surface area contributed by atoms with Crippen LogP contribution < -0.4 is 10.5 Å². The molecule has 0 aromatic heterocycles. The average Bonchev–Trinajstić information content (AvgIpc) is 2.52. The van der Waals surface area contributed by atoms with E-state index in [2.05, 4.69) is 44.7 Å². The lowest BCUT2D eigenvalue weighted by atomic mass is 9.83. The van der Waals surface area contributed by atoms with E-state index in [4.69, 9.17) is 10.5 Å². The van der Waals surface area contributed by atoms with Crippen LogP contribution in [0.2, 0.25) is 0 Å². The number of nitrogens with zero attached hydrogens (tertiary/aromatic N) is 1. The molecule has 2 rings (SSSR count). The highest BCUT2D eigenvalue weighted by Gasteiger charge is 2.32. The first-order valence-electron chi connectivity index (χ1n) is 9.07. The maximum Gasteiger partial charge on any atom is 0.122 e. The summed E-state index contributed by atoms with van der Waals surface area (Å²) in [5.41, 5.74) is 10.2. The fraction of sp³-hybridized carbons (Fsp3) is 0.700. The van der Waals surface area contributed by atoms with Gasteiger partial charge >= 0.3 is 0 Å². The maximum absolute atomic E-state index is 6.26. The third kappa shape index (κ3) is 4.27. The summed E-state index contributed by atoms with van der Waals surface area (Å²) < 4.78 is 5.70. The van der Waals surface area contributed by atoms with Crippen LogP contribution in [-0.4, -0.2) is 37.7 Å². The second-order valence-corrected chi connectivity index (χ2v) is 7.47. The molecule has 0 aliphatic carbocycles. The lowest BCUT2D eigenvalue weighted by Gasteiger charge is -2.41. The second-order valence-electron chi connectivity index (χ2n) is 7.47. The molecule has 130 valence electrons. The molecule has 1 aliphatic heterocycles. The Bertz CT molecular complexity index is 513. The minimum absolute atomic E-state index is 0.350. The van der Waals surface area contributed by atoms with Crippen molar-refractivity contribution >= 4 is 0 Å². The summed E-state index contributed by atoms with van der Waals surface area (Å²) in [5, 5.41) is 0. The highest BCUT2D eigenvalue weighted by Crippen LogP contribution is 2.36. The number of piperidine rings is 1. The van der Waals surface area contributed by atoms with E-state index in [-0.39, 0.29) is 0 Å². The number of aryl methyl sites for hydroxylation is 2. The van der Waals surface area contributed by atoms with E-state index >= 15 is 0 Å². The zero-order valence-electron chi connectivity index (χ0n) is 15.6. The molecule has 2 atom stereocenters. The van der Waals surface area contributed by atoms with E-state index < -0.39 is 0 Å². The molecule has 3 heteroatoms. The zero-order chi connectivity index (χ0) is 17.0. The molecule has 1 aromatic rings. The summed E-state index contributed by atoms with van der Waals surface area (Å²) in [6, 6.07) is 5.00. The van der Waals surface area contributed by atoms with Gasteiger partial charge in [0.2, 0.25) is 0 Å². The molecule has 0 amide bonds. The van der Waals surface area contributed by atoms with Crippen molar-refractivity contribution in [2.75, 3.05) is 26.7 Å². The summed E-state index contributed by atoms with van der Waals surface area (Å²) in [4.78, 5) is 2.67. The smallest absolute Gasteiger partial charge is 0.122 e. The van der Waals surface area contributed by atoms with Crippen LogP contribution in [0.4, 0.5) is 0 Å². The van der Waals surface area contributed by atoms with E-state index in [0.717, 1.165) is 12.3 Å². The molecule has 1 aliphatic rings. The van der Waals surface area contributed by atoms with Gasteiger partial charge in [-0.3, -0.25) is 4.90 Å². The molecule has 0 spiro atoms. The Hall–Kier alpha value is -1.06. The zero-order valence-corrected chi connectivity index (χ0v) is 15.6. The predicted molar refractivity (Wildman–Crippen MR) is 98.3 cm³/mol. The first kappa shape index (κ1) is 18.3. The Kier molecular flexibility index (Phi) is 6.49. The standard InChI is InChI=1S/C20H34N2O/c1-14(2)13-22-9-7-6-8-19(22)18(12-21)17-10-15(3)16(4)11-20(17)23-5/h10-11,14,18-19H,6-9,12-13,21H2,1-5H3. The Labute approximate surface area is 142 Å². The number of likely N-dealkylation sites (tertiary alicyclic amines) is 1. The quantitative estimate of drug-likeness (QED) is 0.865. The summed E-state index contributed by atoms with van der Waals surface area (Å²) in [6.07, 6.45) is 3.86. The van der Waals surface area contributed by atoms with Crippen LogP contribution in [0.25, 0.3) is 0 Å². The Morgan fingerprint density at radius 3 is 2.52 bits per heavy atom. The van der Waals surface area contributed by atoms with Crippen LogP contribution in [0, 0.1) is 19.8 Å². The highest BCUT2D eigenvalue weighted by molar-refractivity contribution is 5.44. The number of ether oxygens (including phenoxy) is 1. The lowest BCUT2D eigenvalue weighted by Crippen LogP contribution is -2.46. The maximum atomic E-state index is 6.26. The van der Waals surface area contributed by atoms with Gasteiger partial charge in [0.05, 0.1) is 7.11 Å². The molecule has 1 saturated heterocycles. The number of benzene rings is 1. The van der Waals surface area contributed by atoms with E-state index in [1.165, 1.54) is 42.5 Å². The number of hydrogen-bond donors (Lipinski definition) is 1. The third-order valence-electron chi connectivity index (χ3n) is 5.23. The summed E-state index contributed by atoms with van der Waals surface area (Å²) >= 11 is 0. The monoisotopic (exact) mass is 318 g/mol. The number of hydrogen-bond acceptors (Lipinski definition) is 3. The average molecular weight is 319 g/mol. The molecule has 0 bridgehead atoms. The molecular formula is C20H34N2O. The van der Waals surface area contributed by atoms with Gasteiger partial charge in [0.15, 0.2) is 0 Å². The molecule has 3 nitrogen and oxygen atoms in total. The number of nitrogens with two attached hydrogens (primary N) is 1. The van der Waals surface area contributed by atoms with Crippen molar-refractivity contribution in [2.24, 2.45) is 11.7 Å².